The molecule has 7 heteroatoms. The number of fused-ring (bicyclic) bond motifs is 1. The molecule has 0 saturated carbocycles. The fourth-order valence-corrected chi connectivity index (χ4v) is 2.51. The summed E-state index contributed by atoms with van der Waals surface area (Å²) in [5.74, 6) is -4.99. The van der Waals surface area contributed by atoms with Crippen molar-refractivity contribution in [3.63, 3.8) is 0 Å². The maximum Gasteiger partial charge on any atom is 0.228 e. The molecule has 2 aromatic carbocycles. The maximum atomic E-state index is 13.2. The molecule has 24 heavy (non-hydrogen) atoms. The lowest BCUT2D eigenvalue weighted by atomic mass is 10.1. The SMILES string of the molecule is O=Cc1[nH]c2ccccc2c1CC(=O)Nc1cc(F)c(F)c(F)c1. The molecule has 122 valence electrons. The van der Waals surface area contributed by atoms with Gasteiger partial charge in [-0.15, -0.1) is 0 Å². The number of aromatic nitrogens is 1. The van der Waals surface area contributed by atoms with E-state index in [2.05, 4.69) is 10.3 Å². The van der Waals surface area contributed by atoms with E-state index < -0.39 is 23.4 Å². The molecular formula is C17H11F3N2O2. The lowest BCUT2D eigenvalue weighted by Crippen LogP contribution is -2.15. The van der Waals surface area contributed by atoms with Crippen molar-refractivity contribution in [2.24, 2.45) is 0 Å². The molecule has 0 saturated heterocycles. The van der Waals surface area contributed by atoms with Gasteiger partial charge >= 0.3 is 0 Å². The van der Waals surface area contributed by atoms with E-state index in [1.54, 1.807) is 24.3 Å². The molecule has 0 unspecified atom stereocenters. The van der Waals surface area contributed by atoms with Crippen LogP contribution in [-0.4, -0.2) is 17.2 Å². The van der Waals surface area contributed by atoms with Crippen molar-refractivity contribution in [1.82, 2.24) is 4.98 Å². The zero-order chi connectivity index (χ0) is 17.3. The van der Waals surface area contributed by atoms with Crippen LogP contribution in [0.25, 0.3) is 10.9 Å². The topological polar surface area (TPSA) is 62.0 Å². The van der Waals surface area contributed by atoms with Crippen LogP contribution in [-0.2, 0) is 11.2 Å². The summed E-state index contributed by atoms with van der Waals surface area (Å²) in [5, 5.41) is 2.99. The molecular weight excluding hydrogens is 321 g/mol. The number of carbonyl (C=O) groups is 2. The molecule has 0 aliphatic heterocycles. The highest BCUT2D eigenvalue weighted by Gasteiger charge is 2.16. The molecule has 3 aromatic rings. The van der Waals surface area contributed by atoms with E-state index in [0.717, 1.165) is 0 Å². The fraction of sp³-hybridized carbons (Fsp3) is 0.0588. The number of H-pyrrole nitrogens is 1. The molecule has 1 amide bonds. The molecule has 0 atom stereocenters. The molecule has 0 radical (unpaired) electrons. The van der Waals surface area contributed by atoms with E-state index in [4.69, 9.17) is 0 Å². The largest absolute Gasteiger partial charge is 0.352 e. The van der Waals surface area contributed by atoms with Gasteiger partial charge in [-0.05, 0) is 11.6 Å². The predicted molar refractivity (Wildman–Crippen MR) is 82.3 cm³/mol. The normalized spacial score (nSPS) is 10.8. The molecule has 0 aliphatic carbocycles. The Kier molecular flexibility index (Phi) is 4.07. The van der Waals surface area contributed by atoms with Crippen LogP contribution in [0.3, 0.4) is 0 Å². The summed E-state index contributed by atoms with van der Waals surface area (Å²) in [6.07, 6.45) is 0.415. The van der Waals surface area contributed by atoms with E-state index in [9.17, 15) is 22.8 Å². The Morgan fingerprint density at radius 3 is 2.46 bits per heavy atom. The summed E-state index contributed by atoms with van der Waals surface area (Å²) in [4.78, 5) is 26.2. The van der Waals surface area contributed by atoms with Gasteiger partial charge in [0.15, 0.2) is 23.7 Å². The summed E-state index contributed by atoms with van der Waals surface area (Å²) in [6, 6.07) is 8.42. The second-order valence-corrected chi connectivity index (χ2v) is 5.16. The van der Waals surface area contributed by atoms with Crippen LogP contribution in [0.1, 0.15) is 16.1 Å². The third-order valence-corrected chi connectivity index (χ3v) is 3.57. The standard InChI is InChI=1S/C17H11F3N2O2/c18-12-5-9(6-13(19)17(12)20)21-16(24)7-11-10-3-1-2-4-14(10)22-15(11)8-23/h1-6,8,22H,7H2,(H,21,24). The molecule has 3 rings (SSSR count). The minimum atomic E-state index is -1.60. The van der Waals surface area contributed by atoms with Crippen LogP contribution in [0.4, 0.5) is 18.9 Å². The number of nitrogens with one attached hydrogen (secondary N) is 2. The van der Waals surface area contributed by atoms with Crippen LogP contribution < -0.4 is 5.32 Å². The zero-order valence-electron chi connectivity index (χ0n) is 12.2. The first kappa shape index (κ1) is 15.8. The van der Waals surface area contributed by atoms with Gasteiger partial charge in [-0.25, -0.2) is 13.2 Å². The summed E-state index contributed by atoms with van der Waals surface area (Å²) >= 11 is 0. The molecule has 4 nitrogen and oxygen atoms in total. The Hall–Kier alpha value is -3.09. The van der Waals surface area contributed by atoms with Crippen molar-refractivity contribution in [1.29, 1.82) is 0 Å². The molecule has 0 bridgehead atoms. The Labute approximate surface area is 134 Å². The zero-order valence-corrected chi connectivity index (χ0v) is 12.2. The highest BCUT2D eigenvalue weighted by molar-refractivity contribution is 5.99. The number of aldehydes is 1. The van der Waals surface area contributed by atoms with Crippen molar-refractivity contribution < 1.29 is 22.8 Å². The molecule has 1 aromatic heterocycles. The van der Waals surface area contributed by atoms with Crippen molar-refractivity contribution in [3.8, 4) is 0 Å². The number of amides is 1. The quantitative estimate of drug-likeness (QED) is 0.567. The summed E-state index contributed by atoms with van der Waals surface area (Å²) in [7, 11) is 0. The minimum Gasteiger partial charge on any atom is -0.352 e. The van der Waals surface area contributed by atoms with Crippen molar-refractivity contribution in [2.45, 2.75) is 6.42 Å². The Morgan fingerprint density at radius 1 is 1.12 bits per heavy atom. The number of para-hydroxylation sites is 1. The van der Waals surface area contributed by atoms with Crippen molar-refractivity contribution >= 4 is 28.8 Å². The number of rotatable bonds is 4. The van der Waals surface area contributed by atoms with Crippen molar-refractivity contribution in [3.05, 3.63) is 65.1 Å². The molecule has 2 N–H and O–H groups in total. The highest BCUT2D eigenvalue weighted by Crippen LogP contribution is 2.23. The highest BCUT2D eigenvalue weighted by atomic mass is 19.2. The van der Waals surface area contributed by atoms with Gasteiger partial charge in [-0.2, -0.15) is 0 Å². The first-order valence-corrected chi connectivity index (χ1v) is 6.98. The Morgan fingerprint density at radius 2 is 1.79 bits per heavy atom. The predicted octanol–water partition coefficient (Wildman–Crippen LogP) is 3.58. The van der Waals surface area contributed by atoms with Gasteiger partial charge in [0.05, 0.1) is 12.1 Å². The van der Waals surface area contributed by atoms with Gasteiger partial charge in [0.1, 0.15) is 0 Å². The number of carbonyl (C=O) groups excluding carboxylic acids is 2. The Balaban J connectivity index is 1.87. The number of halogens is 3. The van der Waals surface area contributed by atoms with E-state index >= 15 is 0 Å². The second kappa shape index (κ2) is 6.19. The first-order chi connectivity index (χ1) is 11.5. The van der Waals surface area contributed by atoms with Crippen LogP contribution >= 0.6 is 0 Å². The number of anilines is 1. The van der Waals surface area contributed by atoms with E-state index in [0.29, 0.717) is 34.9 Å². The second-order valence-electron chi connectivity index (χ2n) is 5.16. The summed E-state index contributed by atoms with van der Waals surface area (Å²) in [6.45, 7) is 0. The van der Waals surface area contributed by atoms with Gasteiger partial charge in [0.25, 0.3) is 0 Å². The first-order valence-electron chi connectivity index (χ1n) is 6.98. The van der Waals surface area contributed by atoms with Gasteiger partial charge in [0.2, 0.25) is 5.91 Å². The van der Waals surface area contributed by atoms with E-state index in [1.807, 2.05) is 0 Å². The van der Waals surface area contributed by atoms with Crippen LogP contribution in [0.2, 0.25) is 0 Å². The number of benzene rings is 2. The minimum absolute atomic E-state index is 0.182. The van der Waals surface area contributed by atoms with Gasteiger partial charge in [-0.3, -0.25) is 9.59 Å². The van der Waals surface area contributed by atoms with Gasteiger partial charge in [0, 0.05) is 28.7 Å². The molecule has 1 heterocycles. The number of aromatic amines is 1. The fourth-order valence-electron chi connectivity index (χ4n) is 2.51. The molecule has 0 spiro atoms. The van der Waals surface area contributed by atoms with Crippen molar-refractivity contribution in [2.75, 3.05) is 5.32 Å². The molecule has 0 fully saturated rings. The number of hydrogen-bond donors (Lipinski definition) is 2. The third kappa shape index (κ3) is 2.88. The lowest BCUT2D eigenvalue weighted by Gasteiger charge is -2.06. The van der Waals surface area contributed by atoms with Crippen LogP contribution in [0, 0.1) is 17.5 Å². The number of hydrogen-bond acceptors (Lipinski definition) is 2. The molecule has 0 aliphatic rings. The van der Waals surface area contributed by atoms with Crippen LogP contribution in [0.15, 0.2) is 36.4 Å². The Bertz CT molecular complexity index is 927. The van der Waals surface area contributed by atoms with E-state index in [1.165, 1.54) is 0 Å². The van der Waals surface area contributed by atoms with Gasteiger partial charge in [-0.1, -0.05) is 18.2 Å². The maximum absolute atomic E-state index is 13.2. The van der Waals surface area contributed by atoms with Crippen LogP contribution in [0.5, 0.6) is 0 Å². The monoisotopic (exact) mass is 332 g/mol. The summed E-state index contributed by atoms with van der Waals surface area (Å²) < 4.78 is 39.3. The third-order valence-electron chi connectivity index (χ3n) is 3.57. The average molecular weight is 332 g/mol. The van der Waals surface area contributed by atoms with E-state index in [-0.39, 0.29) is 17.8 Å². The summed E-state index contributed by atoms with van der Waals surface area (Å²) in [5.41, 5.74) is 1.22. The lowest BCUT2D eigenvalue weighted by molar-refractivity contribution is -0.115. The smallest absolute Gasteiger partial charge is 0.228 e. The van der Waals surface area contributed by atoms with Gasteiger partial charge < -0.3 is 10.3 Å². The average Bonchev–Trinajstić information content (AvgIpc) is 2.90.